The number of fused-ring (bicyclic) bond motifs is 1. The maximum Gasteiger partial charge on any atom is 0.229 e. The summed E-state index contributed by atoms with van der Waals surface area (Å²) in [6.45, 7) is 6.81. The van der Waals surface area contributed by atoms with Gasteiger partial charge in [-0.1, -0.05) is 6.07 Å². The van der Waals surface area contributed by atoms with Gasteiger partial charge >= 0.3 is 0 Å². The van der Waals surface area contributed by atoms with Crippen LogP contribution in [0.3, 0.4) is 0 Å². The number of nitrogen functional groups attached to an aromatic ring is 1. The summed E-state index contributed by atoms with van der Waals surface area (Å²) in [6.07, 6.45) is 2.34. The van der Waals surface area contributed by atoms with Crippen molar-refractivity contribution >= 4 is 42.1 Å². The van der Waals surface area contributed by atoms with Gasteiger partial charge in [0.2, 0.25) is 5.91 Å². The van der Waals surface area contributed by atoms with Crippen LogP contribution in [0.4, 0.5) is 11.4 Å². The number of rotatable bonds is 3. The second-order valence-corrected chi connectivity index (χ2v) is 6.42. The molecule has 1 aliphatic heterocycles. The Morgan fingerprint density at radius 2 is 2.04 bits per heavy atom. The van der Waals surface area contributed by atoms with Crippen LogP contribution in [0.2, 0.25) is 0 Å². The lowest BCUT2D eigenvalue weighted by molar-refractivity contribution is -0.119. The lowest BCUT2D eigenvalue weighted by atomic mass is 9.99. The second-order valence-electron chi connectivity index (χ2n) is 6.42. The van der Waals surface area contributed by atoms with Gasteiger partial charge in [-0.05, 0) is 57.4 Å². The third kappa shape index (κ3) is 4.28. The number of nitrogens with zero attached hydrogens (tertiary/aromatic N) is 3. The molecule has 1 aromatic carbocycles. The number of hydrogen-bond acceptors (Lipinski definition) is 3. The van der Waals surface area contributed by atoms with E-state index >= 15 is 0 Å². The summed E-state index contributed by atoms with van der Waals surface area (Å²) >= 11 is 0. The van der Waals surface area contributed by atoms with Crippen molar-refractivity contribution in [3.63, 3.8) is 0 Å². The van der Waals surface area contributed by atoms with Crippen molar-refractivity contribution in [1.82, 2.24) is 9.78 Å². The molecule has 0 bridgehead atoms. The zero-order valence-electron chi connectivity index (χ0n) is 14.9. The monoisotopic (exact) mass is 384 g/mol. The van der Waals surface area contributed by atoms with E-state index in [4.69, 9.17) is 5.73 Å². The maximum absolute atomic E-state index is 12.8. The lowest BCUT2D eigenvalue weighted by Crippen LogP contribution is -2.36. The van der Waals surface area contributed by atoms with E-state index in [-0.39, 0.29) is 36.8 Å². The molecule has 7 heteroatoms. The number of hydrogen-bond donors (Lipinski definition) is 1. The van der Waals surface area contributed by atoms with Gasteiger partial charge in [0.05, 0.1) is 11.7 Å². The molecule has 25 heavy (non-hydrogen) atoms. The Labute approximate surface area is 161 Å². The van der Waals surface area contributed by atoms with Crippen LogP contribution in [0.25, 0.3) is 0 Å². The van der Waals surface area contributed by atoms with Crippen LogP contribution in [0.1, 0.15) is 42.8 Å². The molecule has 0 saturated heterocycles. The number of amides is 1. The fraction of sp³-hybridized carbons (Fsp3) is 0.444. The lowest BCUT2D eigenvalue weighted by Gasteiger charge is -2.31. The van der Waals surface area contributed by atoms with Crippen LogP contribution in [-0.4, -0.2) is 22.2 Å². The van der Waals surface area contributed by atoms with E-state index in [2.05, 4.69) is 5.10 Å². The average molecular weight is 385 g/mol. The summed E-state index contributed by atoms with van der Waals surface area (Å²) in [4.78, 5) is 14.7. The first kappa shape index (κ1) is 21.3. The third-order valence-electron chi connectivity index (χ3n) is 4.52. The Kier molecular flexibility index (Phi) is 7.32. The van der Waals surface area contributed by atoms with Crippen LogP contribution in [0.5, 0.6) is 0 Å². The number of carbonyl (C=O) groups excluding carboxylic acids is 1. The Hall–Kier alpha value is -1.72. The van der Waals surface area contributed by atoms with Crippen LogP contribution in [0.15, 0.2) is 24.3 Å². The van der Waals surface area contributed by atoms with E-state index in [9.17, 15) is 4.79 Å². The fourth-order valence-corrected chi connectivity index (χ4v) is 3.45. The van der Waals surface area contributed by atoms with E-state index in [1.807, 2.05) is 54.6 Å². The van der Waals surface area contributed by atoms with Crippen molar-refractivity contribution < 1.29 is 4.79 Å². The van der Waals surface area contributed by atoms with Crippen molar-refractivity contribution in [1.29, 1.82) is 0 Å². The van der Waals surface area contributed by atoms with Gasteiger partial charge in [0.25, 0.3) is 0 Å². The van der Waals surface area contributed by atoms with Crippen molar-refractivity contribution in [2.45, 2.75) is 46.1 Å². The van der Waals surface area contributed by atoms with Gasteiger partial charge in [-0.2, -0.15) is 5.10 Å². The second kappa shape index (κ2) is 8.59. The molecular weight excluding hydrogens is 359 g/mol. The van der Waals surface area contributed by atoms with Gasteiger partial charge in [0, 0.05) is 30.0 Å². The molecule has 5 nitrogen and oxygen atoms in total. The molecule has 1 aromatic heterocycles. The highest BCUT2D eigenvalue weighted by Gasteiger charge is 2.25. The number of carbonyl (C=O) groups is 1. The molecule has 138 valence electrons. The van der Waals surface area contributed by atoms with E-state index < -0.39 is 0 Å². The normalized spacial score (nSPS) is 14.1. The molecule has 2 heterocycles. The van der Waals surface area contributed by atoms with Gasteiger partial charge < -0.3 is 10.6 Å². The first-order chi connectivity index (χ1) is 11.0. The summed E-state index contributed by atoms with van der Waals surface area (Å²) in [7, 11) is 0. The minimum atomic E-state index is 0. The Balaban J connectivity index is 0.00000156. The maximum atomic E-state index is 12.8. The van der Waals surface area contributed by atoms with Crippen molar-refractivity contribution in [3.8, 4) is 0 Å². The standard InChI is InChI=1S/C18H24N4O.2ClH/c1-12-10-13(2)22(20-12)14(3)11-18(23)21-9-5-6-15-16(19)7-4-8-17(15)21;;/h4,7-8,10,14H,5-6,9,11,19H2,1-3H3;2*1H. The highest BCUT2D eigenvalue weighted by Crippen LogP contribution is 2.32. The SMILES string of the molecule is Cc1cc(C)n(C(C)CC(=O)N2CCCc3c(N)cccc32)n1.Cl.Cl. The first-order valence-electron chi connectivity index (χ1n) is 8.18. The molecule has 0 radical (unpaired) electrons. The summed E-state index contributed by atoms with van der Waals surface area (Å²) in [5, 5.41) is 4.49. The van der Waals surface area contributed by atoms with E-state index in [1.54, 1.807) is 0 Å². The number of nitrogens with two attached hydrogens (primary N) is 1. The molecular formula is C18H26Cl2N4O. The zero-order valence-corrected chi connectivity index (χ0v) is 16.5. The third-order valence-corrected chi connectivity index (χ3v) is 4.52. The Morgan fingerprint density at radius 3 is 2.68 bits per heavy atom. The molecule has 0 saturated carbocycles. The highest BCUT2D eigenvalue weighted by atomic mass is 35.5. The van der Waals surface area contributed by atoms with Crippen LogP contribution in [-0.2, 0) is 11.2 Å². The molecule has 3 rings (SSSR count). The van der Waals surface area contributed by atoms with Crippen molar-refractivity contribution in [2.24, 2.45) is 0 Å². The minimum absolute atomic E-state index is 0. The molecule has 2 N–H and O–H groups in total. The van der Waals surface area contributed by atoms with Crippen LogP contribution >= 0.6 is 24.8 Å². The summed E-state index contributed by atoms with van der Waals surface area (Å²) in [5.74, 6) is 0.136. The molecule has 1 atom stereocenters. The molecule has 0 aliphatic carbocycles. The number of aromatic nitrogens is 2. The largest absolute Gasteiger partial charge is 0.398 e. The van der Waals surface area contributed by atoms with Crippen molar-refractivity contribution in [3.05, 3.63) is 41.2 Å². The number of halogens is 2. The molecule has 1 aliphatic rings. The predicted molar refractivity (Wildman–Crippen MR) is 107 cm³/mol. The number of benzene rings is 1. The molecule has 0 fully saturated rings. The predicted octanol–water partition coefficient (Wildman–Crippen LogP) is 3.86. The molecule has 2 aromatic rings. The molecule has 1 unspecified atom stereocenters. The summed E-state index contributed by atoms with van der Waals surface area (Å²) in [5.41, 5.74) is 11.0. The first-order valence-corrected chi connectivity index (χ1v) is 8.18. The van der Waals surface area contributed by atoms with Gasteiger partial charge in [-0.3, -0.25) is 9.48 Å². The summed E-state index contributed by atoms with van der Waals surface area (Å²) in [6, 6.07) is 7.91. The number of aryl methyl sites for hydroxylation is 2. The number of anilines is 2. The topological polar surface area (TPSA) is 64.2 Å². The minimum Gasteiger partial charge on any atom is -0.398 e. The van der Waals surface area contributed by atoms with Crippen LogP contribution in [0, 0.1) is 13.8 Å². The summed E-state index contributed by atoms with van der Waals surface area (Å²) < 4.78 is 1.94. The quantitative estimate of drug-likeness (QED) is 0.817. The molecule has 1 amide bonds. The average Bonchev–Trinajstić information content (AvgIpc) is 2.86. The molecule has 0 spiro atoms. The Morgan fingerprint density at radius 1 is 1.32 bits per heavy atom. The van der Waals surface area contributed by atoms with Gasteiger partial charge in [0.1, 0.15) is 0 Å². The zero-order chi connectivity index (χ0) is 16.6. The van der Waals surface area contributed by atoms with E-state index in [1.165, 1.54) is 0 Å². The fourth-order valence-electron chi connectivity index (χ4n) is 3.45. The van der Waals surface area contributed by atoms with Crippen LogP contribution < -0.4 is 10.6 Å². The van der Waals surface area contributed by atoms with Gasteiger partial charge in [-0.15, -0.1) is 24.8 Å². The van der Waals surface area contributed by atoms with E-state index in [0.29, 0.717) is 6.42 Å². The van der Waals surface area contributed by atoms with Crippen molar-refractivity contribution in [2.75, 3.05) is 17.2 Å². The van der Waals surface area contributed by atoms with Gasteiger partial charge in [-0.25, -0.2) is 0 Å². The van der Waals surface area contributed by atoms with Gasteiger partial charge in [0.15, 0.2) is 0 Å². The highest BCUT2D eigenvalue weighted by molar-refractivity contribution is 5.95. The Bertz CT molecular complexity index is 745. The smallest absolute Gasteiger partial charge is 0.229 e. The van der Waals surface area contributed by atoms with E-state index in [0.717, 1.165) is 47.7 Å².